The van der Waals surface area contributed by atoms with Crippen LogP contribution in [0.3, 0.4) is 0 Å². The summed E-state index contributed by atoms with van der Waals surface area (Å²) in [5.41, 5.74) is 4.73. The Kier molecular flexibility index (Phi) is 1.97. The molecule has 0 amide bonds. The zero-order chi connectivity index (χ0) is 12.8. The van der Waals surface area contributed by atoms with Crippen molar-refractivity contribution in [3.8, 4) is 11.3 Å². The number of hydrogen-bond acceptors (Lipinski definition) is 3. The third-order valence-electron chi connectivity index (χ3n) is 3.38. The molecule has 1 N–H and O–H groups in total. The van der Waals surface area contributed by atoms with E-state index in [1.54, 1.807) is 12.7 Å². The van der Waals surface area contributed by atoms with Crippen LogP contribution in [0, 0.1) is 0 Å². The molecule has 5 heteroatoms. The van der Waals surface area contributed by atoms with E-state index in [9.17, 15) is 0 Å². The molecule has 0 unspecified atom stereocenters. The Morgan fingerprint density at radius 2 is 2.00 bits per heavy atom. The van der Waals surface area contributed by atoms with E-state index in [1.807, 2.05) is 19.2 Å². The number of nitrogens with zero attached hydrogens (tertiary/aromatic N) is 4. The van der Waals surface area contributed by atoms with Gasteiger partial charge in [-0.1, -0.05) is 18.2 Å². The Morgan fingerprint density at radius 3 is 2.95 bits per heavy atom. The molecule has 0 radical (unpaired) electrons. The predicted molar refractivity (Wildman–Crippen MR) is 73.6 cm³/mol. The van der Waals surface area contributed by atoms with Crippen molar-refractivity contribution in [2.24, 2.45) is 7.05 Å². The number of imidazole rings is 1. The van der Waals surface area contributed by atoms with Crippen molar-refractivity contribution in [2.75, 3.05) is 0 Å². The third-order valence-corrected chi connectivity index (χ3v) is 3.38. The highest BCUT2D eigenvalue weighted by molar-refractivity contribution is 6.00. The van der Waals surface area contributed by atoms with E-state index in [0.29, 0.717) is 5.65 Å². The summed E-state index contributed by atoms with van der Waals surface area (Å²) in [5.74, 6) is 0. The summed E-state index contributed by atoms with van der Waals surface area (Å²) < 4.78 is 2.11. The maximum atomic E-state index is 4.42. The zero-order valence-corrected chi connectivity index (χ0v) is 10.3. The van der Waals surface area contributed by atoms with Gasteiger partial charge in [0, 0.05) is 29.7 Å². The second-order valence-electron chi connectivity index (χ2n) is 4.49. The maximum absolute atomic E-state index is 4.42. The molecule has 0 aliphatic heterocycles. The molecule has 0 saturated carbocycles. The minimum atomic E-state index is 0.693. The lowest BCUT2D eigenvalue weighted by atomic mass is 10.1. The first-order valence-corrected chi connectivity index (χ1v) is 6.03. The average molecular weight is 249 g/mol. The van der Waals surface area contributed by atoms with E-state index in [1.165, 1.54) is 10.9 Å². The standard InChI is InChI=1S/C14H11N5/c1-19-6-10(9-4-2-3-5-11(9)19)12-13-14(17-7-15-12)18-8-16-13/h2-8H,1H3,(H,15,16,17,18). The van der Waals surface area contributed by atoms with Crippen molar-refractivity contribution in [2.45, 2.75) is 0 Å². The molecule has 5 nitrogen and oxygen atoms in total. The van der Waals surface area contributed by atoms with Crippen LogP contribution in [0.4, 0.5) is 0 Å². The molecular formula is C14H11N5. The molecule has 0 fully saturated rings. The van der Waals surface area contributed by atoms with Crippen LogP contribution in [-0.4, -0.2) is 24.5 Å². The number of aromatic amines is 1. The van der Waals surface area contributed by atoms with Gasteiger partial charge >= 0.3 is 0 Å². The number of hydrogen-bond donors (Lipinski definition) is 1. The molecule has 0 aliphatic rings. The van der Waals surface area contributed by atoms with Crippen LogP contribution in [0.1, 0.15) is 0 Å². The second-order valence-corrected chi connectivity index (χ2v) is 4.49. The van der Waals surface area contributed by atoms with E-state index in [4.69, 9.17) is 0 Å². The third kappa shape index (κ3) is 1.38. The van der Waals surface area contributed by atoms with Gasteiger partial charge in [-0.25, -0.2) is 15.0 Å². The van der Waals surface area contributed by atoms with Crippen LogP contribution >= 0.6 is 0 Å². The van der Waals surface area contributed by atoms with Gasteiger partial charge in [0.05, 0.1) is 6.33 Å². The molecule has 1 aromatic carbocycles. The maximum Gasteiger partial charge on any atom is 0.181 e. The number of fused-ring (bicyclic) bond motifs is 2. The van der Waals surface area contributed by atoms with Crippen LogP contribution in [0.25, 0.3) is 33.3 Å². The van der Waals surface area contributed by atoms with Crippen LogP contribution in [0.15, 0.2) is 43.1 Å². The van der Waals surface area contributed by atoms with Gasteiger partial charge in [-0.2, -0.15) is 0 Å². The monoisotopic (exact) mass is 249 g/mol. The van der Waals surface area contributed by atoms with Crippen molar-refractivity contribution in [1.82, 2.24) is 24.5 Å². The lowest BCUT2D eigenvalue weighted by Gasteiger charge is -1.99. The first-order chi connectivity index (χ1) is 9.34. The van der Waals surface area contributed by atoms with Crippen molar-refractivity contribution < 1.29 is 0 Å². The molecule has 0 aliphatic carbocycles. The first-order valence-electron chi connectivity index (χ1n) is 6.03. The highest BCUT2D eigenvalue weighted by atomic mass is 15.0. The predicted octanol–water partition coefficient (Wildman–Crippen LogP) is 2.51. The van der Waals surface area contributed by atoms with Crippen molar-refractivity contribution in [3.05, 3.63) is 43.1 Å². The molecular weight excluding hydrogens is 238 g/mol. The van der Waals surface area contributed by atoms with Crippen molar-refractivity contribution in [3.63, 3.8) is 0 Å². The number of rotatable bonds is 1. The minimum Gasteiger partial charge on any atom is -0.350 e. The molecule has 0 atom stereocenters. The summed E-state index contributed by atoms with van der Waals surface area (Å²) in [6.45, 7) is 0. The Morgan fingerprint density at radius 1 is 1.11 bits per heavy atom. The number of H-pyrrole nitrogens is 1. The molecule has 3 heterocycles. The van der Waals surface area contributed by atoms with Gasteiger partial charge < -0.3 is 9.55 Å². The van der Waals surface area contributed by atoms with E-state index in [0.717, 1.165) is 16.8 Å². The quantitative estimate of drug-likeness (QED) is 0.564. The fraction of sp³-hybridized carbons (Fsp3) is 0.0714. The summed E-state index contributed by atoms with van der Waals surface area (Å²) in [5, 5.41) is 1.18. The fourth-order valence-electron chi connectivity index (χ4n) is 2.50. The lowest BCUT2D eigenvalue weighted by Crippen LogP contribution is -1.87. The lowest BCUT2D eigenvalue weighted by molar-refractivity contribution is 0.969. The number of aryl methyl sites for hydroxylation is 1. The van der Waals surface area contributed by atoms with Crippen LogP contribution in [0.5, 0.6) is 0 Å². The van der Waals surface area contributed by atoms with Gasteiger partial charge in [0.15, 0.2) is 5.65 Å². The summed E-state index contributed by atoms with van der Waals surface area (Å²) >= 11 is 0. The van der Waals surface area contributed by atoms with E-state index < -0.39 is 0 Å². The molecule has 0 bridgehead atoms. The second kappa shape index (κ2) is 3.65. The van der Waals surface area contributed by atoms with Crippen LogP contribution < -0.4 is 0 Å². The molecule has 0 spiro atoms. The number of aromatic nitrogens is 5. The summed E-state index contributed by atoms with van der Waals surface area (Å²) in [6.07, 6.45) is 5.29. The number of nitrogens with one attached hydrogen (secondary N) is 1. The molecule has 92 valence electrons. The number of para-hydroxylation sites is 1. The smallest absolute Gasteiger partial charge is 0.181 e. The topological polar surface area (TPSA) is 59.4 Å². The normalized spacial score (nSPS) is 11.4. The van der Waals surface area contributed by atoms with Gasteiger partial charge in [-0.05, 0) is 6.07 Å². The van der Waals surface area contributed by atoms with Crippen molar-refractivity contribution >= 4 is 22.1 Å². The van der Waals surface area contributed by atoms with E-state index in [2.05, 4.69) is 42.8 Å². The van der Waals surface area contributed by atoms with Gasteiger partial charge in [0.25, 0.3) is 0 Å². The molecule has 4 rings (SSSR count). The van der Waals surface area contributed by atoms with E-state index in [-0.39, 0.29) is 0 Å². The van der Waals surface area contributed by atoms with Crippen LogP contribution in [0.2, 0.25) is 0 Å². The van der Waals surface area contributed by atoms with Gasteiger partial charge in [-0.15, -0.1) is 0 Å². The minimum absolute atomic E-state index is 0.693. The SMILES string of the molecule is Cn1cc(-c2ncnc3nc[nH]c23)c2ccccc21. The fourth-order valence-corrected chi connectivity index (χ4v) is 2.50. The Balaban J connectivity index is 2.12. The molecule has 3 aromatic heterocycles. The summed E-state index contributed by atoms with van der Waals surface area (Å²) in [4.78, 5) is 15.9. The Labute approximate surface area is 109 Å². The molecule has 0 saturated heterocycles. The Bertz CT molecular complexity index is 887. The largest absolute Gasteiger partial charge is 0.350 e. The number of benzene rings is 1. The van der Waals surface area contributed by atoms with Gasteiger partial charge in [0.2, 0.25) is 0 Å². The molecule has 19 heavy (non-hydrogen) atoms. The van der Waals surface area contributed by atoms with Gasteiger partial charge in [-0.3, -0.25) is 0 Å². The highest BCUT2D eigenvalue weighted by Gasteiger charge is 2.13. The highest BCUT2D eigenvalue weighted by Crippen LogP contribution is 2.31. The molecule has 4 aromatic rings. The van der Waals surface area contributed by atoms with Crippen molar-refractivity contribution in [1.29, 1.82) is 0 Å². The van der Waals surface area contributed by atoms with Crippen LogP contribution in [-0.2, 0) is 7.05 Å². The zero-order valence-electron chi connectivity index (χ0n) is 10.3. The first kappa shape index (κ1) is 10.3. The summed E-state index contributed by atoms with van der Waals surface area (Å²) in [7, 11) is 2.04. The Hall–Kier alpha value is -2.69. The van der Waals surface area contributed by atoms with Gasteiger partial charge in [0.1, 0.15) is 17.5 Å². The van der Waals surface area contributed by atoms with E-state index >= 15 is 0 Å². The summed E-state index contributed by atoms with van der Waals surface area (Å²) in [6, 6.07) is 8.29. The average Bonchev–Trinajstić information content (AvgIpc) is 3.04.